The molecule has 0 saturated carbocycles. The average Bonchev–Trinajstić information content (AvgIpc) is 3.82. The Kier molecular flexibility index (Phi) is 7.82. The molecule has 1 N–H and O–H groups in total. The molecule has 2 aromatic heterocycles. The molecule has 4 aliphatic heterocycles. The number of aromatic nitrogens is 4. The molecule has 234 valence electrons. The number of hydrogen-bond acceptors (Lipinski definition) is 9. The van der Waals surface area contributed by atoms with E-state index in [1.807, 2.05) is 47.4 Å². The molecule has 1 fully saturated rings. The predicted molar refractivity (Wildman–Crippen MR) is 161 cm³/mol. The van der Waals surface area contributed by atoms with Gasteiger partial charge in [0.2, 0.25) is 11.8 Å². The Bertz CT molecular complexity index is 1670. The molecule has 13 heteroatoms. The highest BCUT2D eigenvalue weighted by Gasteiger charge is 2.53. The minimum atomic E-state index is -0.494. The van der Waals surface area contributed by atoms with Crippen LogP contribution in [-0.2, 0) is 16.1 Å². The summed E-state index contributed by atoms with van der Waals surface area (Å²) >= 11 is 0. The zero-order valence-corrected chi connectivity index (χ0v) is 24.9. The van der Waals surface area contributed by atoms with E-state index >= 15 is 0 Å². The SMILES string of the molecule is O=C1CCCN(C(=O)c2cc3ccccc3o2)CCCOc2cccc3c2OC[C@@]2(CN1)CN(C(=O)CCn1cnnn1)C[C@@H]32. The Labute approximate surface area is 259 Å². The Hall–Kier alpha value is -4.94. The van der Waals surface area contributed by atoms with Crippen LogP contribution in [0.4, 0.5) is 0 Å². The topological polar surface area (TPSA) is 145 Å². The number of ether oxygens (including phenoxy) is 2. The van der Waals surface area contributed by atoms with Crippen LogP contribution >= 0.6 is 0 Å². The first-order valence-corrected chi connectivity index (χ1v) is 15.4. The Balaban J connectivity index is 1.10. The van der Waals surface area contributed by atoms with E-state index in [9.17, 15) is 14.4 Å². The van der Waals surface area contributed by atoms with Gasteiger partial charge >= 0.3 is 0 Å². The summed E-state index contributed by atoms with van der Waals surface area (Å²) in [7, 11) is 0. The standard InChI is InChI=1S/C32H35N7O6/c40-28-10-4-12-37(31(42)27-16-22-6-1-2-8-25(22)45-27)13-5-15-43-26-9-3-7-23-24-17-38(29(41)11-14-39-21-34-35-36-39)19-32(24,18-33-28)20-44-30(23)26/h1-3,6-9,16,21,24H,4-5,10-15,17-20H2,(H,33,40)/t24-,32+/m0/s1. The molecule has 4 bridgehead atoms. The van der Waals surface area contributed by atoms with Crippen molar-refractivity contribution in [2.45, 2.75) is 38.1 Å². The Morgan fingerprint density at radius 3 is 2.80 bits per heavy atom. The van der Waals surface area contributed by atoms with Crippen molar-refractivity contribution in [2.75, 3.05) is 45.9 Å². The molecule has 45 heavy (non-hydrogen) atoms. The molecule has 0 unspecified atom stereocenters. The number of benzene rings is 2. The number of rotatable bonds is 4. The monoisotopic (exact) mass is 613 g/mol. The second kappa shape index (κ2) is 12.2. The quantitative estimate of drug-likeness (QED) is 0.367. The van der Waals surface area contributed by atoms with Crippen molar-refractivity contribution in [3.63, 3.8) is 0 Å². The molecule has 1 saturated heterocycles. The van der Waals surface area contributed by atoms with Gasteiger partial charge in [-0.25, -0.2) is 4.68 Å². The van der Waals surface area contributed by atoms with Gasteiger partial charge in [0.15, 0.2) is 17.3 Å². The van der Waals surface area contributed by atoms with Gasteiger partial charge in [-0.05, 0) is 41.5 Å². The van der Waals surface area contributed by atoms with Gasteiger partial charge in [0.05, 0.1) is 19.8 Å². The van der Waals surface area contributed by atoms with Crippen LogP contribution in [0.2, 0.25) is 0 Å². The van der Waals surface area contributed by atoms with Crippen LogP contribution in [0.25, 0.3) is 11.0 Å². The van der Waals surface area contributed by atoms with Crippen molar-refractivity contribution in [3.8, 4) is 11.5 Å². The molecule has 4 aliphatic rings. The van der Waals surface area contributed by atoms with Gasteiger partial charge < -0.3 is 29.0 Å². The second-order valence-corrected chi connectivity index (χ2v) is 12.0. The van der Waals surface area contributed by atoms with Gasteiger partial charge in [0.1, 0.15) is 11.9 Å². The third-order valence-corrected chi connectivity index (χ3v) is 9.06. The van der Waals surface area contributed by atoms with Gasteiger partial charge in [-0.3, -0.25) is 14.4 Å². The average molecular weight is 614 g/mol. The fourth-order valence-electron chi connectivity index (χ4n) is 6.69. The number of aryl methyl sites for hydroxylation is 1. The van der Waals surface area contributed by atoms with E-state index in [-0.39, 0.29) is 42.2 Å². The summed E-state index contributed by atoms with van der Waals surface area (Å²) in [6, 6.07) is 15.1. The lowest BCUT2D eigenvalue weighted by Crippen LogP contribution is -2.48. The summed E-state index contributed by atoms with van der Waals surface area (Å²) < 4.78 is 20.0. The molecule has 6 heterocycles. The van der Waals surface area contributed by atoms with Crippen molar-refractivity contribution >= 4 is 28.7 Å². The van der Waals surface area contributed by atoms with Crippen LogP contribution in [-0.4, -0.2) is 93.7 Å². The number of nitrogens with one attached hydrogen (secondary N) is 1. The number of carbonyl (C=O) groups is 3. The maximum absolute atomic E-state index is 13.5. The van der Waals surface area contributed by atoms with Crippen molar-refractivity contribution in [3.05, 3.63) is 66.2 Å². The summed E-state index contributed by atoms with van der Waals surface area (Å²) in [6.45, 7) is 3.30. The Morgan fingerprint density at radius 2 is 1.93 bits per heavy atom. The molecule has 2 atom stereocenters. The predicted octanol–water partition coefficient (Wildman–Crippen LogP) is 2.64. The van der Waals surface area contributed by atoms with Crippen molar-refractivity contribution < 1.29 is 28.3 Å². The zero-order chi connectivity index (χ0) is 30.8. The summed E-state index contributed by atoms with van der Waals surface area (Å²) in [4.78, 5) is 43.5. The maximum atomic E-state index is 13.5. The van der Waals surface area contributed by atoms with Gasteiger partial charge in [0.25, 0.3) is 5.91 Å². The van der Waals surface area contributed by atoms with Crippen molar-refractivity contribution in [2.24, 2.45) is 5.41 Å². The number of tetrazole rings is 1. The molecule has 0 aliphatic carbocycles. The molecule has 0 radical (unpaired) electrons. The lowest BCUT2D eigenvalue weighted by atomic mass is 9.73. The number of hydrogen-bond donors (Lipinski definition) is 1. The number of likely N-dealkylation sites (tertiary alicyclic amines) is 1. The van der Waals surface area contributed by atoms with Gasteiger partial charge in [-0.2, -0.15) is 0 Å². The molecule has 2 aromatic carbocycles. The fraction of sp³-hybridized carbons (Fsp3) is 0.438. The third kappa shape index (κ3) is 5.81. The molecule has 1 spiro atoms. The highest BCUT2D eigenvalue weighted by atomic mass is 16.5. The van der Waals surface area contributed by atoms with E-state index in [1.165, 1.54) is 11.0 Å². The first-order valence-electron chi connectivity index (χ1n) is 15.4. The number of carbonyl (C=O) groups excluding carboxylic acids is 3. The number of amides is 3. The fourth-order valence-corrected chi connectivity index (χ4v) is 6.69. The third-order valence-electron chi connectivity index (χ3n) is 9.06. The molecule has 8 rings (SSSR count). The van der Waals surface area contributed by atoms with Crippen LogP contribution in [0, 0.1) is 5.41 Å². The normalized spacial score (nSPS) is 22.0. The highest BCUT2D eigenvalue weighted by Crippen LogP contribution is 2.52. The number of para-hydroxylation sites is 2. The van der Waals surface area contributed by atoms with E-state index in [1.54, 1.807) is 11.0 Å². The van der Waals surface area contributed by atoms with E-state index < -0.39 is 5.41 Å². The van der Waals surface area contributed by atoms with Gasteiger partial charge in [-0.1, -0.05) is 30.3 Å². The van der Waals surface area contributed by atoms with Crippen LogP contribution in [0.3, 0.4) is 0 Å². The van der Waals surface area contributed by atoms with Crippen molar-refractivity contribution in [1.82, 2.24) is 35.3 Å². The van der Waals surface area contributed by atoms with E-state index in [2.05, 4.69) is 20.8 Å². The first kappa shape index (κ1) is 28.8. The summed E-state index contributed by atoms with van der Waals surface area (Å²) in [5, 5.41) is 15.1. The molecule has 4 aromatic rings. The lowest BCUT2D eigenvalue weighted by Gasteiger charge is -2.40. The molecule has 3 amide bonds. The summed E-state index contributed by atoms with van der Waals surface area (Å²) in [5.74, 6) is 1.24. The van der Waals surface area contributed by atoms with Crippen LogP contribution in [0.15, 0.2) is 59.3 Å². The minimum absolute atomic E-state index is 0.000315. The summed E-state index contributed by atoms with van der Waals surface area (Å²) in [5.41, 5.74) is 1.14. The van der Waals surface area contributed by atoms with E-state index in [0.717, 1.165) is 10.9 Å². The summed E-state index contributed by atoms with van der Waals surface area (Å²) in [6.07, 6.45) is 3.09. The smallest absolute Gasteiger partial charge is 0.289 e. The van der Waals surface area contributed by atoms with E-state index in [0.29, 0.717) is 82.4 Å². The first-order chi connectivity index (χ1) is 22.0. The molecular formula is C32H35N7O6. The zero-order valence-electron chi connectivity index (χ0n) is 24.9. The van der Waals surface area contributed by atoms with E-state index in [4.69, 9.17) is 13.9 Å². The van der Waals surface area contributed by atoms with Gasteiger partial charge in [-0.15, -0.1) is 5.10 Å². The van der Waals surface area contributed by atoms with Crippen LogP contribution in [0.1, 0.15) is 47.7 Å². The van der Waals surface area contributed by atoms with Crippen LogP contribution < -0.4 is 14.8 Å². The van der Waals surface area contributed by atoms with Crippen LogP contribution in [0.5, 0.6) is 11.5 Å². The number of nitrogens with zero attached hydrogens (tertiary/aromatic N) is 6. The Morgan fingerprint density at radius 1 is 1.04 bits per heavy atom. The largest absolute Gasteiger partial charge is 0.490 e. The number of furan rings is 1. The lowest BCUT2D eigenvalue weighted by molar-refractivity contribution is -0.130. The van der Waals surface area contributed by atoms with Crippen molar-refractivity contribution in [1.29, 1.82) is 0 Å². The number of fused-ring (bicyclic) bond motifs is 12. The van der Waals surface area contributed by atoms with Gasteiger partial charge in [0, 0.05) is 67.8 Å². The molecular weight excluding hydrogens is 578 g/mol. The minimum Gasteiger partial charge on any atom is -0.490 e. The second-order valence-electron chi connectivity index (χ2n) is 12.0. The maximum Gasteiger partial charge on any atom is 0.289 e. The highest BCUT2D eigenvalue weighted by molar-refractivity contribution is 5.96. The molecule has 13 nitrogen and oxygen atoms in total.